The lowest BCUT2D eigenvalue weighted by molar-refractivity contribution is -0.908. The van der Waals surface area contributed by atoms with Gasteiger partial charge in [-0.05, 0) is 31.2 Å². The molecule has 0 aliphatic heterocycles. The highest BCUT2D eigenvalue weighted by Crippen LogP contribution is 2.10. The van der Waals surface area contributed by atoms with Crippen LogP contribution in [0.15, 0.2) is 24.3 Å². The summed E-state index contributed by atoms with van der Waals surface area (Å²) in [4.78, 5) is 23.8. The molecule has 6 nitrogen and oxygen atoms in total. The number of alkyl carbamates (subject to hydrolysis) is 1. The zero-order valence-corrected chi connectivity index (χ0v) is 12.2. The van der Waals surface area contributed by atoms with Gasteiger partial charge in [0.25, 0.3) is 5.91 Å². The van der Waals surface area contributed by atoms with Gasteiger partial charge in [0, 0.05) is 5.56 Å². The van der Waals surface area contributed by atoms with Gasteiger partial charge in [0.15, 0.2) is 6.04 Å². The molecule has 0 saturated heterocycles. The molecule has 1 aromatic rings. The molecule has 0 radical (unpaired) electrons. The third-order valence-electron chi connectivity index (χ3n) is 3.19. The van der Waals surface area contributed by atoms with Crippen molar-refractivity contribution in [3.63, 3.8) is 0 Å². The average Bonchev–Trinajstić information content (AvgIpc) is 2.46. The third kappa shape index (κ3) is 4.55. The Kier molecular flexibility index (Phi) is 5.99. The molecule has 1 unspecified atom stereocenters. The van der Waals surface area contributed by atoms with E-state index in [1.165, 1.54) is 7.11 Å². The van der Waals surface area contributed by atoms with Gasteiger partial charge >= 0.3 is 6.09 Å². The standard InChI is InChI=1S/C14H20N2O4/c1-10(13(17)15-14(18)20-4)16(2)9-11-5-7-12(19-3)8-6-11/h5-8,10H,9H2,1-4H3,(H,15,17,18)/p+1/t10-/m0/s1. The Morgan fingerprint density at radius 2 is 1.85 bits per heavy atom. The van der Waals surface area contributed by atoms with Gasteiger partial charge in [-0.25, -0.2) is 4.79 Å². The maximum atomic E-state index is 11.8. The summed E-state index contributed by atoms with van der Waals surface area (Å²) in [5.74, 6) is 0.436. The Labute approximate surface area is 118 Å². The van der Waals surface area contributed by atoms with Crippen LogP contribution in [-0.2, 0) is 16.1 Å². The van der Waals surface area contributed by atoms with Crippen LogP contribution < -0.4 is 15.0 Å². The first kappa shape index (κ1) is 16.0. The van der Waals surface area contributed by atoms with Crippen molar-refractivity contribution in [2.75, 3.05) is 21.3 Å². The Bertz CT molecular complexity index is 459. The summed E-state index contributed by atoms with van der Waals surface area (Å²) in [5.41, 5.74) is 1.08. The molecule has 0 bridgehead atoms. The predicted molar refractivity (Wildman–Crippen MR) is 73.6 cm³/mol. The number of imide groups is 1. The van der Waals surface area contributed by atoms with Gasteiger partial charge in [-0.2, -0.15) is 0 Å². The number of carbonyl (C=O) groups is 2. The second-order valence-corrected chi connectivity index (χ2v) is 4.57. The molecule has 0 aliphatic rings. The number of likely N-dealkylation sites (N-methyl/N-ethyl adjacent to an activating group) is 1. The lowest BCUT2D eigenvalue weighted by atomic mass is 10.2. The monoisotopic (exact) mass is 281 g/mol. The topological polar surface area (TPSA) is 69.1 Å². The zero-order chi connectivity index (χ0) is 15.1. The third-order valence-corrected chi connectivity index (χ3v) is 3.19. The van der Waals surface area contributed by atoms with Gasteiger partial charge in [-0.15, -0.1) is 0 Å². The Morgan fingerprint density at radius 1 is 1.25 bits per heavy atom. The summed E-state index contributed by atoms with van der Waals surface area (Å²) < 4.78 is 9.49. The molecule has 0 aliphatic carbocycles. The van der Waals surface area contributed by atoms with E-state index in [1.807, 2.05) is 31.3 Å². The molecular weight excluding hydrogens is 260 g/mol. The molecule has 20 heavy (non-hydrogen) atoms. The lowest BCUT2D eigenvalue weighted by Gasteiger charge is -2.20. The van der Waals surface area contributed by atoms with E-state index in [0.29, 0.717) is 6.54 Å². The molecular formula is C14H21N2O4+. The van der Waals surface area contributed by atoms with Gasteiger partial charge in [0.2, 0.25) is 0 Å². The van der Waals surface area contributed by atoms with Gasteiger partial charge in [-0.3, -0.25) is 10.1 Å². The normalized spacial score (nSPS) is 13.2. The lowest BCUT2D eigenvalue weighted by Crippen LogP contribution is -3.12. The summed E-state index contributed by atoms with van der Waals surface area (Å²) in [6.45, 7) is 2.43. The van der Waals surface area contributed by atoms with Crippen LogP contribution in [-0.4, -0.2) is 39.3 Å². The van der Waals surface area contributed by atoms with Crippen LogP contribution in [0, 0.1) is 0 Å². The molecule has 2 atom stereocenters. The molecule has 0 heterocycles. The second kappa shape index (κ2) is 7.49. The highest BCUT2D eigenvalue weighted by Gasteiger charge is 2.23. The summed E-state index contributed by atoms with van der Waals surface area (Å²) in [7, 11) is 4.73. The van der Waals surface area contributed by atoms with E-state index in [9.17, 15) is 9.59 Å². The number of methoxy groups -OCH3 is 2. The van der Waals surface area contributed by atoms with Gasteiger partial charge < -0.3 is 14.4 Å². The van der Waals surface area contributed by atoms with Crippen LogP contribution in [0.2, 0.25) is 0 Å². The quantitative estimate of drug-likeness (QED) is 0.796. The molecule has 2 N–H and O–H groups in total. The van der Waals surface area contributed by atoms with Crippen molar-refractivity contribution in [1.82, 2.24) is 5.32 Å². The number of amides is 2. The minimum Gasteiger partial charge on any atom is -0.497 e. The summed E-state index contributed by atoms with van der Waals surface area (Å²) in [6, 6.07) is 7.29. The maximum Gasteiger partial charge on any atom is 0.413 e. The van der Waals surface area contributed by atoms with Gasteiger partial charge in [0.1, 0.15) is 12.3 Å². The van der Waals surface area contributed by atoms with Crippen molar-refractivity contribution >= 4 is 12.0 Å². The minimum atomic E-state index is -0.737. The van der Waals surface area contributed by atoms with E-state index < -0.39 is 6.09 Å². The average molecular weight is 281 g/mol. The molecule has 110 valence electrons. The fourth-order valence-corrected chi connectivity index (χ4v) is 1.70. The zero-order valence-electron chi connectivity index (χ0n) is 12.2. The number of benzene rings is 1. The van der Waals surface area contributed by atoms with Crippen molar-refractivity contribution in [2.45, 2.75) is 19.5 Å². The number of quaternary nitrogens is 1. The summed E-state index contributed by atoms with van der Waals surface area (Å²) >= 11 is 0. The number of rotatable bonds is 5. The molecule has 6 heteroatoms. The Morgan fingerprint density at radius 3 is 2.35 bits per heavy atom. The smallest absolute Gasteiger partial charge is 0.413 e. The second-order valence-electron chi connectivity index (χ2n) is 4.57. The van der Waals surface area contributed by atoms with E-state index in [0.717, 1.165) is 16.2 Å². The van der Waals surface area contributed by atoms with E-state index in [-0.39, 0.29) is 11.9 Å². The first-order valence-corrected chi connectivity index (χ1v) is 6.32. The van der Waals surface area contributed by atoms with Crippen LogP contribution in [0.25, 0.3) is 0 Å². The highest BCUT2D eigenvalue weighted by atomic mass is 16.5. The number of hydrogen-bond donors (Lipinski definition) is 2. The van der Waals surface area contributed by atoms with E-state index in [1.54, 1.807) is 14.0 Å². The van der Waals surface area contributed by atoms with Crippen LogP contribution in [0.3, 0.4) is 0 Å². The molecule has 0 fully saturated rings. The first-order valence-electron chi connectivity index (χ1n) is 6.32. The first-order chi connectivity index (χ1) is 9.47. The minimum absolute atomic E-state index is 0.358. The Balaban J connectivity index is 2.57. The van der Waals surface area contributed by atoms with Crippen molar-refractivity contribution in [3.8, 4) is 5.75 Å². The fourth-order valence-electron chi connectivity index (χ4n) is 1.70. The fraction of sp³-hybridized carbons (Fsp3) is 0.429. The molecule has 0 aromatic heterocycles. The number of hydrogen-bond acceptors (Lipinski definition) is 4. The predicted octanol–water partition coefficient (Wildman–Crippen LogP) is -0.0190. The van der Waals surface area contributed by atoms with Crippen molar-refractivity contribution in [2.24, 2.45) is 0 Å². The van der Waals surface area contributed by atoms with Crippen LogP contribution in [0.1, 0.15) is 12.5 Å². The SMILES string of the molecule is COC(=O)NC(=O)[C@H](C)[NH+](C)Cc1ccc(OC)cc1. The largest absolute Gasteiger partial charge is 0.497 e. The van der Waals surface area contributed by atoms with E-state index in [2.05, 4.69) is 10.1 Å². The van der Waals surface area contributed by atoms with Crippen LogP contribution in [0.4, 0.5) is 4.79 Å². The molecule has 2 amide bonds. The Hall–Kier alpha value is -2.08. The van der Waals surface area contributed by atoms with Crippen molar-refractivity contribution in [1.29, 1.82) is 0 Å². The maximum absolute atomic E-state index is 11.8. The molecule has 1 aromatic carbocycles. The summed E-state index contributed by atoms with van der Waals surface area (Å²) in [5, 5.41) is 2.17. The van der Waals surface area contributed by atoms with Crippen LogP contribution >= 0.6 is 0 Å². The van der Waals surface area contributed by atoms with E-state index in [4.69, 9.17) is 4.74 Å². The van der Waals surface area contributed by atoms with Crippen LogP contribution in [0.5, 0.6) is 5.75 Å². The van der Waals surface area contributed by atoms with Gasteiger partial charge in [0.05, 0.1) is 21.3 Å². The van der Waals surface area contributed by atoms with Crippen molar-refractivity contribution < 1.29 is 24.0 Å². The molecule has 1 rings (SSSR count). The number of ether oxygens (including phenoxy) is 2. The number of nitrogens with one attached hydrogen (secondary N) is 2. The molecule has 0 spiro atoms. The highest BCUT2D eigenvalue weighted by molar-refractivity contribution is 5.93. The van der Waals surface area contributed by atoms with Crippen molar-refractivity contribution in [3.05, 3.63) is 29.8 Å². The van der Waals surface area contributed by atoms with Gasteiger partial charge in [-0.1, -0.05) is 0 Å². The van der Waals surface area contributed by atoms with E-state index >= 15 is 0 Å². The molecule has 0 saturated carbocycles. The number of carbonyl (C=O) groups excluding carboxylic acids is 2. The summed E-state index contributed by atoms with van der Waals surface area (Å²) in [6.07, 6.45) is -0.737.